The van der Waals surface area contributed by atoms with Crippen LogP contribution >= 0.6 is 0 Å². The number of nitrogens with one attached hydrogen (secondary N) is 1. The maximum Gasteiger partial charge on any atom is 0.270 e. The Morgan fingerprint density at radius 2 is 1.78 bits per heavy atom. The van der Waals surface area contributed by atoms with Crippen molar-refractivity contribution in [1.82, 2.24) is 19.5 Å². The summed E-state index contributed by atoms with van der Waals surface area (Å²) in [6.45, 7) is 6.03. The number of aliphatic hydroxyl groups is 1. The monoisotopic (exact) mass is 531 g/mol. The molecule has 3 unspecified atom stereocenters. The van der Waals surface area contributed by atoms with Crippen molar-refractivity contribution in [1.29, 1.82) is 0 Å². The number of nitrogens with zero attached hydrogens (tertiary/aromatic N) is 4. The fourth-order valence-corrected chi connectivity index (χ4v) is 9.22. The average Bonchev–Trinajstić information content (AvgIpc) is 2.85. The quantitative estimate of drug-likeness (QED) is 0.596. The number of hydrogen-bond donors (Lipinski definition) is 2. The van der Waals surface area contributed by atoms with Gasteiger partial charge in [0, 0.05) is 50.8 Å². The first-order valence-electron chi connectivity index (χ1n) is 14.0. The van der Waals surface area contributed by atoms with Gasteiger partial charge in [0.1, 0.15) is 11.5 Å². The van der Waals surface area contributed by atoms with E-state index in [1.54, 1.807) is 10.4 Å². The van der Waals surface area contributed by atoms with Crippen molar-refractivity contribution in [3.63, 3.8) is 0 Å². The number of aromatic nitrogens is 1. The highest BCUT2D eigenvalue weighted by molar-refractivity contribution is 7.88. The number of carbonyl (C=O) groups is 1. The van der Waals surface area contributed by atoms with Crippen molar-refractivity contribution in [3.05, 3.63) is 23.9 Å². The Morgan fingerprint density at radius 3 is 2.41 bits per heavy atom. The van der Waals surface area contributed by atoms with Gasteiger partial charge >= 0.3 is 0 Å². The molecule has 1 aromatic rings. The van der Waals surface area contributed by atoms with Crippen molar-refractivity contribution in [2.24, 2.45) is 17.8 Å². The molecule has 2 saturated heterocycles. The summed E-state index contributed by atoms with van der Waals surface area (Å²) in [5, 5.41) is 14.2. The average molecular weight is 532 g/mol. The summed E-state index contributed by atoms with van der Waals surface area (Å²) in [6, 6.07) is 6.53. The lowest BCUT2D eigenvalue weighted by Crippen LogP contribution is -2.61. The van der Waals surface area contributed by atoms with Crippen LogP contribution in [0.4, 0.5) is 5.82 Å². The lowest BCUT2D eigenvalue weighted by atomic mass is 9.52. The van der Waals surface area contributed by atoms with Crippen LogP contribution in [0.5, 0.6) is 0 Å². The van der Waals surface area contributed by atoms with Gasteiger partial charge in [-0.05, 0) is 81.8 Å². The number of piperazine rings is 1. The Balaban J connectivity index is 1.07. The minimum atomic E-state index is -3.11. The molecule has 2 N–H and O–H groups in total. The van der Waals surface area contributed by atoms with E-state index in [-0.39, 0.29) is 18.0 Å². The van der Waals surface area contributed by atoms with Crippen LogP contribution in [0.25, 0.3) is 0 Å². The van der Waals surface area contributed by atoms with E-state index in [1.165, 1.54) is 6.26 Å². The first kappa shape index (κ1) is 25.5. The summed E-state index contributed by atoms with van der Waals surface area (Å²) in [7, 11) is -3.11. The lowest BCUT2D eigenvalue weighted by molar-refractivity contribution is -0.136. The zero-order chi connectivity index (χ0) is 25.9. The molecule has 0 radical (unpaired) electrons. The smallest absolute Gasteiger partial charge is 0.270 e. The van der Waals surface area contributed by atoms with Crippen molar-refractivity contribution in [2.45, 2.75) is 75.6 Å². The molecule has 9 nitrogen and oxygen atoms in total. The van der Waals surface area contributed by atoms with E-state index >= 15 is 0 Å². The van der Waals surface area contributed by atoms with Crippen LogP contribution < -0.4 is 10.2 Å². The SMILES string of the molecule is CC1CN(C2CCN(S(C)(=O)=O)CC2)CCN1c1cccc(C(=O)NC2C3CC4CC2CC(O)(C4)C3)n1. The predicted molar refractivity (Wildman–Crippen MR) is 142 cm³/mol. The van der Waals surface area contributed by atoms with E-state index in [0.29, 0.717) is 42.6 Å². The summed E-state index contributed by atoms with van der Waals surface area (Å²) >= 11 is 0. The van der Waals surface area contributed by atoms with E-state index in [4.69, 9.17) is 4.98 Å². The molecule has 2 aliphatic heterocycles. The molecular formula is C27H41N5O4S. The highest BCUT2D eigenvalue weighted by atomic mass is 32.2. The number of carbonyl (C=O) groups excluding carboxylic acids is 1. The molecular weight excluding hydrogens is 490 g/mol. The number of pyridine rings is 1. The first-order valence-corrected chi connectivity index (χ1v) is 15.9. The van der Waals surface area contributed by atoms with Gasteiger partial charge in [0.25, 0.3) is 5.91 Å². The highest BCUT2D eigenvalue weighted by Crippen LogP contribution is 2.55. The minimum Gasteiger partial charge on any atom is -0.390 e. The molecule has 37 heavy (non-hydrogen) atoms. The van der Waals surface area contributed by atoms with Gasteiger partial charge in [-0.2, -0.15) is 0 Å². The fraction of sp³-hybridized carbons (Fsp3) is 0.778. The van der Waals surface area contributed by atoms with E-state index in [2.05, 4.69) is 22.0 Å². The zero-order valence-corrected chi connectivity index (χ0v) is 22.9. The minimum absolute atomic E-state index is 0.102. The molecule has 0 spiro atoms. The van der Waals surface area contributed by atoms with E-state index in [0.717, 1.165) is 70.4 Å². The summed E-state index contributed by atoms with van der Waals surface area (Å²) in [4.78, 5) is 22.9. The molecule has 1 aromatic heterocycles. The topological polar surface area (TPSA) is 106 Å². The second-order valence-corrected chi connectivity index (χ2v) is 14.5. The molecule has 4 saturated carbocycles. The summed E-state index contributed by atoms with van der Waals surface area (Å²) in [6.07, 6.45) is 7.84. The Morgan fingerprint density at radius 1 is 1.08 bits per heavy atom. The molecule has 1 amide bonds. The van der Waals surface area contributed by atoms with Gasteiger partial charge in [-0.15, -0.1) is 0 Å². The van der Waals surface area contributed by atoms with Gasteiger partial charge in [-0.3, -0.25) is 9.69 Å². The standard InChI is InChI=1S/C27H41N5O4S/c1-18-17-30(22-6-8-31(9-7-22)37(2,35)36)10-11-32(18)24-5-3-4-23(28-24)26(33)29-25-20-12-19-13-21(25)16-27(34,14-19)15-20/h3-5,18-22,25,34H,6-17H2,1-2H3,(H,29,33). The number of hydrogen-bond acceptors (Lipinski definition) is 7. The van der Waals surface area contributed by atoms with E-state index in [9.17, 15) is 18.3 Å². The first-order chi connectivity index (χ1) is 17.6. The zero-order valence-electron chi connectivity index (χ0n) is 22.1. The Bertz CT molecular complexity index is 1120. The van der Waals surface area contributed by atoms with Crippen molar-refractivity contribution in [2.75, 3.05) is 43.9 Å². The van der Waals surface area contributed by atoms with Crippen LogP contribution in [0.3, 0.4) is 0 Å². The molecule has 6 aliphatic rings. The van der Waals surface area contributed by atoms with Gasteiger partial charge in [0.05, 0.1) is 11.9 Å². The van der Waals surface area contributed by atoms with Crippen molar-refractivity contribution in [3.8, 4) is 0 Å². The van der Waals surface area contributed by atoms with E-state index < -0.39 is 15.6 Å². The molecule has 4 bridgehead atoms. The van der Waals surface area contributed by atoms with E-state index in [1.807, 2.05) is 12.1 Å². The number of anilines is 1. The van der Waals surface area contributed by atoms with Gasteiger partial charge < -0.3 is 15.3 Å². The van der Waals surface area contributed by atoms with Crippen LogP contribution in [-0.4, -0.2) is 96.3 Å². The van der Waals surface area contributed by atoms with Crippen molar-refractivity contribution < 1.29 is 18.3 Å². The fourth-order valence-electron chi connectivity index (χ4n) is 8.35. The number of amides is 1. The molecule has 7 rings (SSSR count). The highest BCUT2D eigenvalue weighted by Gasteiger charge is 2.55. The second-order valence-electron chi connectivity index (χ2n) is 12.5. The number of piperidine rings is 1. The predicted octanol–water partition coefficient (Wildman–Crippen LogP) is 1.69. The molecule has 4 aliphatic carbocycles. The maximum atomic E-state index is 13.3. The lowest BCUT2D eigenvalue weighted by Gasteiger charge is -2.58. The van der Waals surface area contributed by atoms with Gasteiger partial charge in [-0.1, -0.05) is 6.07 Å². The second kappa shape index (κ2) is 9.47. The molecule has 10 heteroatoms. The number of sulfonamides is 1. The van der Waals surface area contributed by atoms with Gasteiger partial charge in [-0.25, -0.2) is 17.7 Å². The van der Waals surface area contributed by atoms with Crippen LogP contribution in [0, 0.1) is 17.8 Å². The third-order valence-electron chi connectivity index (χ3n) is 9.87. The molecule has 3 heterocycles. The van der Waals surface area contributed by atoms with Gasteiger partial charge in [0.15, 0.2) is 0 Å². The number of rotatable bonds is 5. The Labute approximate surface area is 220 Å². The summed E-state index contributed by atoms with van der Waals surface area (Å²) in [5.41, 5.74) is -0.0355. The third-order valence-corrected chi connectivity index (χ3v) is 11.2. The normalized spacial score (nSPS) is 37.2. The molecule has 0 aromatic carbocycles. The Hall–Kier alpha value is -1.75. The molecule has 6 fully saturated rings. The Kier molecular flexibility index (Phi) is 6.53. The molecule has 204 valence electrons. The maximum absolute atomic E-state index is 13.3. The third kappa shape index (κ3) is 5.02. The summed E-state index contributed by atoms with van der Waals surface area (Å²) < 4.78 is 25.3. The summed E-state index contributed by atoms with van der Waals surface area (Å²) in [5.74, 6) is 2.10. The largest absolute Gasteiger partial charge is 0.390 e. The van der Waals surface area contributed by atoms with Crippen LogP contribution in [0.2, 0.25) is 0 Å². The van der Waals surface area contributed by atoms with Gasteiger partial charge in [0.2, 0.25) is 10.0 Å². The van der Waals surface area contributed by atoms with Crippen LogP contribution in [-0.2, 0) is 10.0 Å². The van der Waals surface area contributed by atoms with Crippen molar-refractivity contribution >= 4 is 21.7 Å². The van der Waals surface area contributed by atoms with Crippen LogP contribution in [0.1, 0.15) is 62.4 Å². The van der Waals surface area contributed by atoms with Crippen LogP contribution in [0.15, 0.2) is 18.2 Å². The molecule has 3 atom stereocenters.